The van der Waals surface area contributed by atoms with Crippen LogP contribution in [0.5, 0.6) is 0 Å². The molecule has 1 rings (SSSR count). The van der Waals surface area contributed by atoms with Crippen LogP contribution < -0.4 is 5.84 Å². The van der Waals surface area contributed by atoms with Gasteiger partial charge in [0.15, 0.2) is 0 Å². The molecule has 0 saturated carbocycles. The van der Waals surface area contributed by atoms with Gasteiger partial charge in [-0.05, 0) is 27.2 Å². The third-order valence-corrected chi connectivity index (χ3v) is 2.39. The maximum absolute atomic E-state index is 11.7. The topological polar surface area (TPSA) is 104 Å². The third-order valence-electron chi connectivity index (χ3n) is 2.39. The molecule has 1 amide bonds. The summed E-state index contributed by atoms with van der Waals surface area (Å²) < 4.78 is 5.25. The molecule has 0 unspecified atom stereocenters. The van der Waals surface area contributed by atoms with Gasteiger partial charge in [0.2, 0.25) is 0 Å². The van der Waals surface area contributed by atoms with Gasteiger partial charge >= 0.3 is 6.09 Å². The maximum Gasteiger partial charge on any atom is 0.410 e. The Morgan fingerprint density at radius 1 is 1.53 bits per heavy atom. The molecule has 0 spiro atoms. The molecule has 1 saturated heterocycles. The van der Waals surface area contributed by atoms with Crippen molar-refractivity contribution in [3.05, 3.63) is 0 Å². The number of nitrogens with one attached hydrogen (secondary N) is 1. The number of carbonyl (C=O) groups is 1. The van der Waals surface area contributed by atoms with Crippen LogP contribution in [-0.4, -0.2) is 35.5 Å². The lowest BCUT2D eigenvalue weighted by Gasteiger charge is -2.24. The van der Waals surface area contributed by atoms with E-state index in [1.807, 2.05) is 20.8 Å². The lowest BCUT2D eigenvalue weighted by Crippen LogP contribution is -2.35. The summed E-state index contributed by atoms with van der Waals surface area (Å²) in [6.07, 6.45) is 0.342. The van der Waals surface area contributed by atoms with E-state index in [-0.39, 0.29) is 17.8 Å². The van der Waals surface area contributed by atoms with Crippen LogP contribution in [0.15, 0.2) is 10.3 Å². The Kier molecular flexibility index (Phi) is 4.03. The average molecular weight is 241 g/mol. The summed E-state index contributed by atoms with van der Waals surface area (Å²) in [7, 11) is 0. The second-order valence-corrected chi connectivity index (χ2v) is 5.01. The molecule has 0 radical (unpaired) electrons. The van der Waals surface area contributed by atoms with Crippen molar-refractivity contribution in [2.24, 2.45) is 22.1 Å². The first kappa shape index (κ1) is 13.4. The Morgan fingerprint density at radius 2 is 2.18 bits per heavy atom. The van der Waals surface area contributed by atoms with Crippen molar-refractivity contribution in [2.75, 3.05) is 13.1 Å². The van der Waals surface area contributed by atoms with Crippen molar-refractivity contribution in [2.45, 2.75) is 32.8 Å². The highest BCUT2D eigenvalue weighted by molar-refractivity contribution is 5.83. The van der Waals surface area contributed by atoms with Crippen LogP contribution in [0.4, 0.5) is 4.79 Å². The maximum atomic E-state index is 11.7. The van der Waals surface area contributed by atoms with Gasteiger partial charge in [0.25, 0.3) is 0 Å². The smallest absolute Gasteiger partial charge is 0.410 e. The third kappa shape index (κ3) is 4.01. The molecule has 0 aromatic rings. The van der Waals surface area contributed by atoms with Gasteiger partial charge in [0, 0.05) is 19.0 Å². The zero-order valence-corrected chi connectivity index (χ0v) is 10.4. The predicted octanol–water partition coefficient (Wildman–Crippen LogP) is 1.55. The summed E-state index contributed by atoms with van der Waals surface area (Å²) >= 11 is 0. The van der Waals surface area contributed by atoms with Crippen molar-refractivity contribution < 1.29 is 9.53 Å². The fraction of sp³-hybridized carbons (Fsp3) is 0.800. The van der Waals surface area contributed by atoms with Gasteiger partial charge in [0.05, 0.1) is 0 Å². The van der Waals surface area contributed by atoms with E-state index in [1.54, 1.807) is 4.90 Å². The van der Waals surface area contributed by atoms with Crippen LogP contribution in [0.1, 0.15) is 27.2 Å². The summed E-state index contributed by atoms with van der Waals surface area (Å²) in [5.74, 6) is 4.89. The van der Waals surface area contributed by atoms with E-state index in [2.05, 4.69) is 10.3 Å². The molecule has 7 nitrogen and oxygen atoms in total. The van der Waals surface area contributed by atoms with Gasteiger partial charge in [-0.25, -0.2) is 4.79 Å². The number of nitrogens with two attached hydrogens (primary N) is 1. The van der Waals surface area contributed by atoms with E-state index < -0.39 is 5.60 Å². The predicted molar refractivity (Wildman–Crippen MR) is 62.7 cm³/mol. The Morgan fingerprint density at radius 3 is 2.71 bits per heavy atom. The van der Waals surface area contributed by atoms with E-state index in [4.69, 9.17) is 16.0 Å². The highest BCUT2D eigenvalue weighted by Crippen LogP contribution is 2.20. The molecule has 17 heavy (non-hydrogen) atoms. The summed E-state index contributed by atoms with van der Waals surface area (Å²) in [5.41, 5.74) is -0.500. The normalized spacial score (nSPS) is 20.9. The van der Waals surface area contributed by atoms with Gasteiger partial charge in [-0.15, -0.1) is 5.11 Å². The van der Waals surface area contributed by atoms with Crippen LogP contribution in [-0.2, 0) is 4.74 Å². The van der Waals surface area contributed by atoms with Gasteiger partial charge in [0.1, 0.15) is 11.4 Å². The molecule has 0 bridgehead atoms. The molecule has 1 aliphatic rings. The molecule has 0 aromatic carbocycles. The Hall–Kier alpha value is -1.66. The number of amides is 1. The minimum Gasteiger partial charge on any atom is -0.444 e. The second kappa shape index (κ2) is 5.11. The van der Waals surface area contributed by atoms with Crippen molar-refractivity contribution in [3.63, 3.8) is 0 Å². The van der Waals surface area contributed by atoms with Crippen LogP contribution in [0.3, 0.4) is 0 Å². The zero-order chi connectivity index (χ0) is 13.1. The SMILES string of the molecule is CC(C)(C)OC(=O)N1CC[C@@H](C(=N)N=NN)C1. The lowest BCUT2D eigenvalue weighted by molar-refractivity contribution is 0.0292. The lowest BCUT2D eigenvalue weighted by atomic mass is 10.1. The quantitative estimate of drug-likeness (QED) is 0.239. The average Bonchev–Trinajstić information content (AvgIpc) is 2.63. The van der Waals surface area contributed by atoms with Gasteiger partial charge in [-0.1, -0.05) is 5.22 Å². The fourth-order valence-electron chi connectivity index (χ4n) is 1.62. The van der Waals surface area contributed by atoms with E-state index in [0.29, 0.717) is 19.5 Å². The molecular formula is C10H19N5O2. The molecule has 1 atom stereocenters. The number of ether oxygens (including phenoxy) is 1. The number of amidine groups is 1. The van der Waals surface area contributed by atoms with Gasteiger partial charge in [-0.2, -0.15) is 0 Å². The van der Waals surface area contributed by atoms with Crippen LogP contribution in [0.25, 0.3) is 0 Å². The summed E-state index contributed by atoms with van der Waals surface area (Å²) in [6, 6.07) is 0. The minimum absolute atomic E-state index is 0.102. The highest BCUT2D eigenvalue weighted by Gasteiger charge is 2.31. The minimum atomic E-state index is -0.500. The number of hydrogen-bond acceptors (Lipinski definition) is 4. The number of nitrogens with zero attached hydrogens (tertiary/aromatic N) is 3. The fourth-order valence-corrected chi connectivity index (χ4v) is 1.62. The van der Waals surface area contributed by atoms with Gasteiger partial charge < -0.3 is 15.5 Å². The molecule has 0 aromatic heterocycles. The van der Waals surface area contributed by atoms with Crippen molar-refractivity contribution in [3.8, 4) is 0 Å². The Bertz CT molecular complexity index is 334. The number of likely N-dealkylation sites (tertiary alicyclic amines) is 1. The zero-order valence-electron chi connectivity index (χ0n) is 10.4. The molecule has 3 N–H and O–H groups in total. The van der Waals surface area contributed by atoms with Crippen molar-refractivity contribution in [1.82, 2.24) is 4.90 Å². The molecule has 7 heteroatoms. The van der Waals surface area contributed by atoms with E-state index in [9.17, 15) is 4.79 Å². The first-order chi connectivity index (χ1) is 7.83. The highest BCUT2D eigenvalue weighted by atomic mass is 16.6. The summed E-state index contributed by atoms with van der Waals surface area (Å²) in [6.45, 7) is 6.48. The van der Waals surface area contributed by atoms with Crippen molar-refractivity contribution in [1.29, 1.82) is 5.41 Å². The largest absolute Gasteiger partial charge is 0.444 e. The molecule has 1 heterocycles. The summed E-state index contributed by atoms with van der Waals surface area (Å²) in [5, 5.41) is 14.1. The number of carbonyl (C=O) groups excluding carboxylic acids is 1. The van der Waals surface area contributed by atoms with E-state index >= 15 is 0 Å². The van der Waals surface area contributed by atoms with E-state index in [0.717, 1.165) is 0 Å². The molecule has 96 valence electrons. The molecule has 0 aliphatic carbocycles. The first-order valence-corrected chi connectivity index (χ1v) is 5.51. The van der Waals surface area contributed by atoms with Crippen LogP contribution >= 0.6 is 0 Å². The second-order valence-electron chi connectivity index (χ2n) is 5.01. The van der Waals surface area contributed by atoms with Crippen molar-refractivity contribution >= 4 is 11.9 Å². The monoisotopic (exact) mass is 241 g/mol. The van der Waals surface area contributed by atoms with E-state index in [1.165, 1.54) is 0 Å². The summed E-state index contributed by atoms with van der Waals surface area (Å²) in [4.78, 5) is 13.3. The van der Waals surface area contributed by atoms with Crippen LogP contribution in [0.2, 0.25) is 0 Å². The Balaban J connectivity index is 2.50. The first-order valence-electron chi connectivity index (χ1n) is 5.51. The van der Waals surface area contributed by atoms with Crippen LogP contribution in [0, 0.1) is 11.3 Å². The number of rotatable bonds is 1. The molecular weight excluding hydrogens is 222 g/mol. The van der Waals surface area contributed by atoms with Gasteiger partial charge in [-0.3, -0.25) is 5.41 Å². The standard InChI is InChI=1S/C10H19N5O2/c1-10(2,3)17-9(16)15-5-4-7(6-15)8(11)13-14-12/h7H,4-6H2,1-3H3,(H3,11,12,13)/t7-/m1/s1. The molecule has 1 fully saturated rings. The Labute approximate surface area is 100 Å². The number of hydrogen-bond donors (Lipinski definition) is 2. The molecule has 1 aliphatic heterocycles.